The van der Waals surface area contributed by atoms with Crippen molar-refractivity contribution in [3.8, 4) is 0 Å². The van der Waals surface area contributed by atoms with E-state index in [2.05, 4.69) is 15.2 Å². The summed E-state index contributed by atoms with van der Waals surface area (Å²) in [5, 5.41) is 8.90. The van der Waals surface area contributed by atoms with E-state index in [9.17, 15) is 4.79 Å². The third-order valence-electron chi connectivity index (χ3n) is 4.05. The van der Waals surface area contributed by atoms with E-state index in [0.717, 1.165) is 22.1 Å². The highest BCUT2D eigenvalue weighted by Crippen LogP contribution is 2.24. The van der Waals surface area contributed by atoms with Crippen molar-refractivity contribution < 1.29 is 8.83 Å². The molecule has 0 spiro atoms. The first-order chi connectivity index (χ1) is 13.7. The molecule has 4 rings (SSSR count). The number of thioether (sulfide) groups is 1. The van der Waals surface area contributed by atoms with E-state index in [1.165, 1.54) is 6.07 Å². The van der Waals surface area contributed by atoms with Gasteiger partial charge < -0.3 is 8.83 Å². The predicted molar refractivity (Wildman–Crippen MR) is 110 cm³/mol. The van der Waals surface area contributed by atoms with Crippen molar-refractivity contribution in [1.82, 2.24) is 10.2 Å². The zero-order valence-corrected chi connectivity index (χ0v) is 16.0. The lowest BCUT2D eigenvalue weighted by atomic mass is 10.1. The van der Waals surface area contributed by atoms with E-state index in [4.69, 9.17) is 8.83 Å². The summed E-state index contributed by atoms with van der Waals surface area (Å²) in [5.41, 5.74) is 3.21. The van der Waals surface area contributed by atoms with Crippen LogP contribution in [0.4, 0.5) is 6.01 Å². The maximum atomic E-state index is 11.8. The summed E-state index contributed by atoms with van der Waals surface area (Å²) in [7, 11) is 0. The van der Waals surface area contributed by atoms with Gasteiger partial charge >= 0.3 is 11.6 Å². The number of benzene rings is 2. The topological polar surface area (TPSA) is 81.5 Å². The van der Waals surface area contributed by atoms with E-state index < -0.39 is 0 Å². The first-order valence-corrected chi connectivity index (χ1v) is 9.85. The molecule has 140 valence electrons. The maximum Gasteiger partial charge on any atom is 0.342 e. The Morgan fingerprint density at radius 2 is 1.89 bits per heavy atom. The molecule has 0 saturated carbocycles. The molecule has 2 aromatic carbocycles. The minimum absolute atomic E-state index is 0.223. The Kier molecular flexibility index (Phi) is 5.34. The van der Waals surface area contributed by atoms with Crippen LogP contribution in [0.5, 0.6) is 0 Å². The largest absolute Gasteiger partial charge is 0.423 e. The number of hydrogen-bond acceptors (Lipinski definition) is 7. The molecular weight excluding hydrogens is 374 g/mol. The summed E-state index contributed by atoms with van der Waals surface area (Å²) in [5.74, 6) is 1.66. The Labute approximate surface area is 165 Å². The molecule has 0 unspecified atom stereocenters. The average Bonchev–Trinajstić information content (AvgIpc) is 3.14. The molecular formula is C21H17N3O3S. The molecule has 6 nitrogen and oxygen atoms in total. The normalized spacial score (nSPS) is 11.5. The van der Waals surface area contributed by atoms with E-state index in [-0.39, 0.29) is 11.6 Å². The van der Waals surface area contributed by atoms with Crippen LogP contribution < -0.4 is 5.63 Å². The minimum atomic E-state index is -0.343. The molecule has 7 heteroatoms. The molecule has 0 bridgehead atoms. The predicted octanol–water partition coefficient (Wildman–Crippen LogP) is 4.67. The number of nitrogens with zero attached hydrogens (tertiary/aromatic N) is 3. The fourth-order valence-electron chi connectivity index (χ4n) is 2.73. The van der Waals surface area contributed by atoms with Crippen LogP contribution in [-0.4, -0.2) is 16.4 Å². The molecule has 0 N–H and O–H groups in total. The van der Waals surface area contributed by atoms with Gasteiger partial charge in [0.2, 0.25) is 5.89 Å². The molecule has 0 aliphatic rings. The zero-order valence-electron chi connectivity index (χ0n) is 15.2. The summed E-state index contributed by atoms with van der Waals surface area (Å²) in [6.07, 6.45) is 1.68. The van der Waals surface area contributed by atoms with Crippen LogP contribution in [0, 0.1) is 6.92 Å². The molecule has 0 aliphatic carbocycles. The highest BCUT2D eigenvalue weighted by Gasteiger charge is 2.09. The van der Waals surface area contributed by atoms with Crippen molar-refractivity contribution >= 4 is 35.0 Å². The molecule has 0 aliphatic heterocycles. The molecule has 2 aromatic heterocycles. The maximum absolute atomic E-state index is 11.8. The van der Waals surface area contributed by atoms with Crippen LogP contribution in [-0.2, 0) is 11.5 Å². The lowest BCUT2D eigenvalue weighted by molar-refractivity contribution is 0.525. The van der Waals surface area contributed by atoms with Crippen LogP contribution in [0.2, 0.25) is 0 Å². The number of fused-ring (bicyclic) bond motifs is 1. The molecule has 0 amide bonds. The van der Waals surface area contributed by atoms with Gasteiger partial charge in [-0.25, -0.2) is 9.79 Å². The van der Waals surface area contributed by atoms with Crippen LogP contribution in [0.15, 0.2) is 73.2 Å². The number of hydrogen-bond donors (Lipinski definition) is 0. The Morgan fingerprint density at radius 1 is 1.04 bits per heavy atom. The number of rotatable bonds is 6. The van der Waals surface area contributed by atoms with Gasteiger partial charge in [-0.3, -0.25) is 0 Å². The van der Waals surface area contributed by atoms with Gasteiger partial charge in [-0.05, 0) is 29.7 Å². The van der Waals surface area contributed by atoms with Gasteiger partial charge in [0.05, 0.1) is 5.75 Å². The highest BCUT2D eigenvalue weighted by molar-refractivity contribution is 7.97. The first kappa shape index (κ1) is 18.2. The molecule has 0 atom stereocenters. The molecule has 0 radical (unpaired) electrons. The van der Waals surface area contributed by atoms with Crippen LogP contribution >= 0.6 is 11.8 Å². The standard InChI is InChI=1S/C21H17N3O3S/c1-14-7-8-17-16(10-20(25)26-18(17)9-14)12-28-13-19-23-24-21(27-19)22-11-15-5-3-2-4-6-15/h2-11H,12-13H2,1H3. The van der Waals surface area contributed by atoms with E-state index >= 15 is 0 Å². The van der Waals surface area contributed by atoms with Gasteiger partial charge in [-0.2, -0.15) is 0 Å². The van der Waals surface area contributed by atoms with Gasteiger partial charge in [0.25, 0.3) is 0 Å². The second-order valence-corrected chi connectivity index (χ2v) is 7.22. The van der Waals surface area contributed by atoms with Gasteiger partial charge in [0, 0.05) is 23.4 Å². The van der Waals surface area contributed by atoms with Crippen molar-refractivity contribution in [1.29, 1.82) is 0 Å². The van der Waals surface area contributed by atoms with Crippen molar-refractivity contribution in [2.24, 2.45) is 4.99 Å². The second-order valence-electron chi connectivity index (χ2n) is 6.23. The van der Waals surface area contributed by atoms with E-state index in [1.54, 1.807) is 18.0 Å². The minimum Gasteiger partial charge on any atom is -0.423 e. The Hall–Kier alpha value is -3.19. The number of aromatic nitrogens is 2. The van der Waals surface area contributed by atoms with Gasteiger partial charge in [-0.15, -0.1) is 16.9 Å². The average molecular weight is 391 g/mol. The van der Waals surface area contributed by atoms with Crippen molar-refractivity contribution in [3.63, 3.8) is 0 Å². The van der Waals surface area contributed by atoms with Gasteiger partial charge in [0.1, 0.15) is 5.58 Å². The summed E-state index contributed by atoms with van der Waals surface area (Å²) in [4.78, 5) is 16.0. The number of aliphatic imine (C=N–C) groups is 1. The Morgan fingerprint density at radius 3 is 2.75 bits per heavy atom. The summed E-state index contributed by atoms with van der Waals surface area (Å²) in [6, 6.07) is 17.3. The fraction of sp³-hybridized carbons (Fsp3) is 0.143. The van der Waals surface area contributed by atoms with Gasteiger partial charge in [0.15, 0.2) is 0 Å². The fourth-order valence-corrected chi connectivity index (χ4v) is 3.58. The SMILES string of the molecule is Cc1ccc2c(CSCc3nnc(N=Cc4ccccc4)o3)cc(=O)oc2c1. The summed E-state index contributed by atoms with van der Waals surface area (Å²) < 4.78 is 10.8. The molecule has 2 heterocycles. The van der Waals surface area contributed by atoms with Crippen LogP contribution in [0.1, 0.15) is 22.6 Å². The third-order valence-corrected chi connectivity index (χ3v) is 5.01. The quantitative estimate of drug-likeness (QED) is 0.351. The molecule has 4 aromatic rings. The second kappa shape index (κ2) is 8.22. The molecule has 28 heavy (non-hydrogen) atoms. The lowest BCUT2D eigenvalue weighted by Crippen LogP contribution is -2.00. The first-order valence-electron chi connectivity index (χ1n) is 8.70. The smallest absolute Gasteiger partial charge is 0.342 e. The van der Waals surface area contributed by atoms with Crippen molar-refractivity contribution in [3.05, 3.63) is 87.6 Å². The van der Waals surface area contributed by atoms with Gasteiger partial charge in [-0.1, -0.05) is 47.6 Å². The van der Waals surface area contributed by atoms with E-state index in [0.29, 0.717) is 23.0 Å². The Bertz CT molecular complexity index is 1180. The van der Waals surface area contributed by atoms with Crippen molar-refractivity contribution in [2.45, 2.75) is 18.4 Å². The third kappa shape index (κ3) is 4.37. The number of aryl methyl sites for hydroxylation is 1. The summed E-state index contributed by atoms with van der Waals surface area (Å²) in [6.45, 7) is 1.97. The van der Waals surface area contributed by atoms with E-state index in [1.807, 2.05) is 55.5 Å². The highest BCUT2D eigenvalue weighted by atomic mass is 32.2. The van der Waals surface area contributed by atoms with Crippen LogP contribution in [0.3, 0.4) is 0 Å². The molecule has 0 saturated heterocycles. The molecule has 0 fully saturated rings. The zero-order chi connectivity index (χ0) is 19.3. The van der Waals surface area contributed by atoms with Crippen molar-refractivity contribution in [2.75, 3.05) is 0 Å². The van der Waals surface area contributed by atoms with Crippen LogP contribution in [0.25, 0.3) is 11.0 Å². The summed E-state index contributed by atoms with van der Waals surface area (Å²) >= 11 is 1.59. The monoisotopic (exact) mass is 391 g/mol. The lowest BCUT2D eigenvalue weighted by Gasteiger charge is -2.05. The Balaban J connectivity index is 1.41.